The number of nitrogens with zero attached hydrogens (tertiary/aromatic N) is 4. The molecule has 3 aromatic rings. The molecule has 0 radical (unpaired) electrons. The average Bonchev–Trinajstić information content (AvgIpc) is 2.97. The molecule has 2 fully saturated rings. The van der Waals surface area contributed by atoms with Crippen LogP contribution < -0.4 is 20.9 Å². The zero-order valence-corrected chi connectivity index (χ0v) is 23.6. The number of carbonyl (C=O) groups excluding carboxylic acids is 1. The van der Waals surface area contributed by atoms with Crippen LogP contribution in [0.3, 0.4) is 0 Å². The van der Waals surface area contributed by atoms with Crippen molar-refractivity contribution in [1.29, 1.82) is 0 Å². The van der Waals surface area contributed by atoms with E-state index < -0.39 is 0 Å². The van der Waals surface area contributed by atoms with Gasteiger partial charge in [0.25, 0.3) is 5.91 Å². The number of likely N-dealkylation sites (tertiary alicyclic amines) is 1. The minimum atomic E-state index is -0.157. The molecule has 39 heavy (non-hydrogen) atoms. The van der Waals surface area contributed by atoms with Gasteiger partial charge in [-0.3, -0.25) is 4.79 Å². The van der Waals surface area contributed by atoms with E-state index in [2.05, 4.69) is 60.8 Å². The summed E-state index contributed by atoms with van der Waals surface area (Å²) in [5.41, 5.74) is 4.48. The molecular weight excluding hydrogens is 510 g/mol. The molecule has 0 bridgehead atoms. The van der Waals surface area contributed by atoms with E-state index in [1.54, 1.807) is 12.3 Å². The van der Waals surface area contributed by atoms with Gasteiger partial charge in [-0.15, -0.1) is 0 Å². The van der Waals surface area contributed by atoms with Crippen LogP contribution in [0.2, 0.25) is 5.02 Å². The summed E-state index contributed by atoms with van der Waals surface area (Å²) < 4.78 is 0. The van der Waals surface area contributed by atoms with Gasteiger partial charge in [0.2, 0.25) is 5.95 Å². The predicted octanol–water partition coefficient (Wildman–Crippen LogP) is 6.13. The molecule has 2 saturated heterocycles. The predicted molar refractivity (Wildman–Crippen MR) is 160 cm³/mol. The van der Waals surface area contributed by atoms with Crippen molar-refractivity contribution in [3.05, 3.63) is 64.8 Å². The van der Waals surface area contributed by atoms with E-state index in [0.29, 0.717) is 34.6 Å². The molecule has 0 unspecified atom stereocenters. The summed E-state index contributed by atoms with van der Waals surface area (Å²) >= 11 is 6.42. The monoisotopic (exact) mass is 547 g/mol. The number of aryl methyl sites for hydroxylation is 1. The zero-order valence-electron chi connectivity index (χ0n) is 22.8. The highest BCUT2D eigenvalue weighted by molar-refractivity contribution is 6.33. The Balaban J connectivity index is 1.25. The number of anilines is 5. The largest absolute Gasteiger partial charge is 0.371 e. The van der Waals surface area contributed by atoms with Crippen molar-refractivity contribution in [1.82, 2.24) is 20.2 Å². The Kier molecular flexibility index (Phi) is 8.84. The van der Waals surface area contributed by atoms with Gasteiger partial charge in [0.1, 0.15) is 5.02 Å². The first-order valence-electron chi connectivity index (χ1n) is 14.1. The zero-order chi connectivity index (χ0) is 27.2. The highest BCUT2D eigenvalue weighted by atomic mass is 35.5. The third-order valence-electron chi connectivity index (χ3n) is 7.70. The Labute approximate surface area is 236 Å². The number of para-hydroxylation sites is 1. The number of benzene rings is 2. The average molecular weight is 548 g/mol. The van der Waals surface area contributed by atoms with Crippen molar-refractivity contribution < 1.29 is 4.79 Å². The van der Waals surface area contributed by atoms with Crippen LogP contribution in [0.15, 0.2) is 48.7 Å². The first kappa shape index (κ1) is 27.2. The molecule has 0 atom stereocenters. The van der Waals surface area contributed by atoms with Gasteiger partial charge < -0.3 is 25.8 Å². The molecule has 0 saturated carbocycles. The Hall–Kier alpha value is -3.36. The normalized spacial score (nSPS) is 16.6. The fourth-order valence-electron chi connectivity index (χ4n) is 5.57. The van der Waals surface area contributed by atoms with E-state index >= 15 is 0 Å². The smallest absolute Gasteiger partial charge is 0.253 e. The minimum absolute atomic E-state index is 0.157. The van der Waals surface area contributed by atoms with Gasteiger partial charge in [-0.1, -0.05) is 30.2 Å². The second-order valence-corrected chi connectivity index (χ2v) is 10.8. The van der Waals surface area contributed by atoms with Crippen molar-refractivity contribution in [2.24, 2.45) is 0 Å². The summed E-state index contributed by atoms with van der Waals surface area (Å²) in [6.07, 6.45) is 8.12. The lowest BCUT2D eigenvalue weighted by Gasteiger charge is -2.41. The number of piperidine rings is 2. The van der Waals surface area contributed by atoms with Crippen molar-refractivity contribution in [2.45, 2.75) is 52.0 Å². The van der Waals surface area contributed by atoms with E-state index in [1.165, 1.54) is 50.9 Å². The van der Waals surface area contributed by atoms with Crippen LogP contribution in [-0.4, -0.2) is 59.5 Å². The molecule has 9 heteroatoms. The number of hydrogen-bond acceptors (Lipinski definition) is 7. The van der Waals surface area contributed by atoms with Gasteiger partial charge in [0.15, 0.2) is 5.82 Å². The second-order valence-electron chi connectivity index (χ2n) is 10.4. The van der Waals surface area contributed by atoms with E-state index in [1.807, 2.05) is 25.1 Å². The molecular formula is C30H38ClN7O. The second kappa shape index (κ2) is 12.7. The van der Waals surface area contributed by atoms with E-state index in [0.717, 1.165) is 30.4 Å². The molecule has 3 N–H and O–H groups in total. The molecule has 8 nitrogen and oxygen atoms in total. The lowest BCUT2D eigenvalue weighted by molar-refractivity contribution is 0.0956. The van der Waals surface area contributed by atoms with Crippen LogP contribution >= 0.6 is 11.6 Å². The Morgan fingerprint density at radius 1 is 1.00 bits per heavy atom. The maximum Gasteiger partial charge on any atom is 0.253 e. The number of amides is 1. The standard InChI is InChI=1S/C30H38ClN7O/c1-3-32-29(39)24-9-5-6-10-27(24)34-28-25(31)20-33-30(36-28)35-26-12-11-23(19-21(26)2)38-17-13-22(14-18-38)37-15-7-4-8-16-37/h5-6,9-12,19-20,22H,3-4,7-8,13-18H2,1-2H3,(H,32,39)(H2,33,34,35,36). The molecule has 3 heterocycles. The maximum absolute atomic E-state index is 12.5. The number of nitrogens with one attached hydrogen (secondary N) is 3. The third kappa shape index (κ3) is 6.62. The minimum Gasteiger partial charge on any atom is -0.371 e. The van der Waals surface area contributed by atoms with Gasteiger partial charge in [0.05, 0.1) is 17.4 Å². The van der Waals surface area contributed by atoms with Crippen molar-refractivity contribution >= 4 is 46.3 Å². The molecule has 206 valence electrons. The van der Waals surface area contributed by atoms with Crippen LogP contribution in [0.1, 0.15) is 54.9 Å². The summed E-state index contributed by atoms with van der Waals surface area (Å²) in [7, 11) is 0. The molecule has 1 amide bonds. The Bertz CT molecular complexity index is 1290. The lowest BCUT2D eigenvalue weighted by atomic mass is 9.99. The molecule has 2 aliphatic heterocycles. The molecule has 5 rings (SSSR count). The summed E-state index contributed by atoms with van der Waals surface area (Å²) in [6, 6.07) is 14.5. The number of rotatable bonds is 8. The number of aromatic nitrogens is 2. The molecule has 1 aromatic heterocycles. The summed E-state index contributed by atoms with van der Waals surface area (Å²) in [4.78, 5) is 26.7. The number of halogens is 1. The fraction of sp³-hybridized carbons (Fsp3) is 0.433. The third-order valence-corrected chi connectivity index (χ3v) is 7.98. The van der Waals surface area contributed by atoms with Crippen LogP contribution in [0.25, 0.3) is 0 Å². The summed E-state index contributed by atoms with van der Waals surface area (Å²) in [5, 5.41) is 9.75. The van der Waals surface area contributed by atoms with Gasteiger partial charge in [-0.25, -0.2) is 4.98 Å². The number of carbonyl (C=O) groups is 1. The SMILES string of the molecule is CCNC(=O)c1ccccc1Nc1nc(Nc2ccc(N3CCC(N4CCCCC4)CC3)cc2C)ncc1Cl. The van der Waals surface area contributed by atoms with E-state index in [-0.39, 0.29) is 5.91 Å². The van der Waals surface area contributed by atoms with Gasteiger partial charge in [0, 0.05) is 37.1 Å². The van der Waals surface area contributed by atoms with Gasteiger partial charge >= 0.3 is 0 Å². The van der Waals surface area contributed by atoms with Crippen LogP contribution in [0, 0.1) is 6.92 Å². The van der Waals surface area contributed by atoms with Crippen molar-refractivity contribution in [3.8, 4) is 0 Å². The Morgan fingerprint density at radius 3 is 2.51 bits per heavy atom. The quantitative estimate of drug-likeness (QED) is 0.313. The van der Waals surface area contributed by atoms with Crippen LogP contribution in [-0.2, 0) is 0 Å². The maximum atomic E-state index is 12.5. The van der Waals surface area contributed by atoms with Gasteiger partial charge in [-0.05, 0) is 88.5 Å². The van der Waals surface area contributed by atoms with Crippen molar-refractivity contribution in [3.63, 3.8) is 0 Å². The van der Waals surface area contributed by atoms with Gasteiger partial charge in [-0.2, -0.15) is 4.98 Å². The summed E-state index contributed by atoms with van der Waals surface area (Å²) in [5.74, 6) is 0.697. The first-order valence-corrected chi connectivity index (χ1v) is 14.4. The molecule has 2 aliphatic rings. The van der Waals surface area contributed by atoms with E-state index in [9.17, 15) is 4.79 Å². The summed E-state index contributed by atoms with van der Waals surface area (Å²) in [6.45, 7) is 9.28. The molecule has 0 aliphatic carbocycles. The van der Waals surface area contributed by atoms with E-state index in [4.69, 9.17) is 11.6 Å². The number of hydrogen-bond donors (Lipinski definition) is 3. The topological polar surface area (TPSA) is 85.4 Å². The molecule has 2 aromatic carbocycles. The highest BCUT2D eigenvalue weighted by Crippen LogP contribution is 2.30. The highest BCUT2D eigenvalue weighted by Gasteiger charge is 2.26. The van der Waals surface area contributed by atoms with Crippen LogP contribution in [0.4, 0.5) is 28.8 Å². The fourth-order valence-corrected chi connectivity index (χ4v) is 5.70. The van der Waals surface area contributed by atoms with Crippen LogP contribution in [0.5, 0.6) is 0 Å². The van der Waals surface area contributed by atoms with Crippen molar-refractivity contribution in [2.75, 3.05) is 48.3 Å². The Morgan fingerprint density at radius 2 is 1.77 bits per heavy atom. The lowest BCUT2D eigenvalue weighted by Crippen LogP contribution is -2.46. The molecule has 0 spiro atoms. The first-order chi connectivity index (χ1) is 19.0.